The Morgan fingerprint density at radius 2 is 1.43 bits per heavy atom. The maximum Gasteiger partial charge on any atom is 0.295 e. The third kappa shape index (κ3) is 11.5. The number of nitrogens with zero attached hydrogens (tertiary/aromatic N) is 2. The van der Waals surface area contributed by atoms with Gasteiger partial charge in [0.15, 0.2) is 0 Å². The summed E-state index contributed by atoms with van der Waals surface area (Å²) in [7, 11) is -9.11. The van der Waals surface area contributed by atoms with Crippen molar-refractivity contribution in [1.82, 2.24) is 19.9 Å². The van der Waals surface area contributed by atoms with Crippen LogP contribution in [0.2, 0.25) is 0 Å². The summed E-state index contributed by atoms with van der Waals surface area (Å²) in [6.07, 6.45) is 3.62. The van der Waals surface area contributed by atoms with E-state index >= 15 is 0 Å². The molecule has 1 unspecified atom stereocenters. The fourth-order valence-electron chi connectivity index (χ4n) is 9.82. The third-order valence-corrected chi connectivity index (χ3v) is 15.7. The molecule has 69 heavy (non-hydrogen) atoms. The van der Waals surface area contributed by atoms with Crippen molar-refractivity contribution in [1.29, 1.82) is 0 Å². The summed E-state index contributed by atoms with van der Waals surface area (Å²) < 4.78 is 82.3. The van der Waals surface area contributed by atoms with Crippen LogP contribution in [0.3, 0.4) is 0 Å². The lowest BCUT2D eigenvalue weighted by molar-refractivity contribution is -0.121. The predicted molar refractivity (Wildman–Crippen MR) is 275 cm³/mol. The third-order valence-electron chi connectivity index (χ3n) is 13.3. The molecule has 0 fully saturated rings. The Morgan fingerprint density at radius 3 is 2.14 bits per heavy atom. The number of carbonyl (C=O) groups excluding carboxylic acids is 1. The number of hydrogen-bond acceptors (Lipinski definition) is 9. The highest BCUT2D eigenvalue weighted by Crippen LogP contribution is 2.52. The fraction of sp³-hybridized carbons (Fsp3) is 0.407. The van der Waals surface area contributed by atoms with Crippen LogP contribution in [0.15, 0.2) is 123 Å². The van der Waals surface area contributed by atoms with E-state index < -0.39 is 36.2 Å². The van der Waals surface area contributed by atoms with Crippen molar-refractivity contribution in [2.24, 2.45) is 0 Å². The number of benzene rings is 5. The van der Waals surface area contributed by atoms with Crippen LogP contribution in [0.25, 0.3) is 33.4 Å². The van der Waals surface area contributed by atoms with Gasteiger partial charge in [0.25, 0.3) is 10.1 Å². The van der Waals surface area contributed by atoms with E-state index in [0.717, 1.165) is 68.2 Å². The first-order chi connectivity index (χ1) is 33.1. The Labute approximate surface area is 408 Å². The van der Waals surface area contributed by atoms with Gasteiger partial charge in [0.2, 0.25) is 21.3 Å². The van der Waals surface area contributed by atoms with Gasteiger partial charge in [0.05, 0.1) is 16.6 Å². The average molecular weight is 979 g/mol. The zero-order valence-electron chi connectivity index (χ0n) is 40.8. The van der Waals surface area contributed by atoms with Crippen LogP contribution in [0.1, 0.15) is 96.8 Å². The number of anilines is 1. The molecular weight excluding hydrogens is 911 g/mol. The van der Waals surface area contributed by atoms with Gasteiger partial charge < -0.3 is 24.7 Å². The van der Waals surface area contributed by atoms with Crippen LogP contribution in [0.5, 0.6) is 0 Å². The maximum absolute atomic E-state index is 13.6. The largest absolute Gasteiger partial charge is 0.456 e. The number of rotatable bonds is 23. The summed E-state index contributed by atoms with van der Waals surface area (Å²) >= 11 is 0. The van der Waals surface area contributed by atoms with Crippen molar-refractivity contribution in [3.8, 4) is 22.5 Å². The molecule has 2 heterocycles. The minimum atomic E-state index is -4.93. The monoisotopic (exact) mass is 978 g/mol. The highest BCUT2D eigenvalue weighted by molar-refractivity contribution is 7.89. The van der Waals surface area contributed by atoms with Crippen molar-refractivity contribution in [3.05, 3.63) is 131 Å². The first-order valence-corrected chi connectivity index (χ1v) is 27.3. The Morgan fingerprint density at radius 1 is 0.725 bits per heavy atom. The molecule has 0 aromatic heterocycles. The molecular formula is C54H68N5O8S2+. The lowest BCUT2D eigenvalue weighted by Gasteiger charge is -2.33. The molecule has 0 saturated heterocycles. The second-order valence-electron chi connectivity index (χ2n) is 18.1. The van der Waals surface area contributed by atoms with Gasteiger partial charge in [-0.3, -0.25) is 9.35 Å². The van der Waals surface area contributed by atoms with Gasteiger partial charge in [-0.05, 0) is 121 Å². The average Bonchev–Trinajstić information content (AvgIpc) is 3.58. The van der Waals surface area contributed by atoms with E-state index in [1.165, 1.54) is 23.3 Å². The molecule has 1 atom stereocenters. The summed E-state index contributed by atoms with van der Waals surface area (Å²) in [5.74, 6) is 0.441. The molecule has 1 amide bonds. The van der Waals surface area contributed by atoms with Gasteiger partial charge in [-0.25, -0.2) is 17.7 Å². The Kier molecular flexibility index (Phi) is 16.5. The molecule has 4 aromatic carbocycles. The van der Waals surface area contributed by atoms with E-state index in [-0.39, 0.29) is 22.9 Å². The molecule has 0 bridgehead atoms. The number of amides is 1. The summed E-state index contributed by atoms with van der Waals surface area (Å²) in [5, 5.41) is 7.96. The molecule has 4 aromatic rings. The zero-order chi connectivity index (χ0) is 49.4. The van der Waals surface area contributed by atoms with Crippen LogP contribution < -0.4 is 30.2 Å². The van der Waals surface area contributed by atoms with Crippen molar-refractivity contribution in [2.45, 2.75) is 101 Å². The molecule has 15 heteroatoms. The van der Waals surface area contributed by atoms with Crippen LogP contribution in [-0.4, -0.2) is 79.7 Å². The topological polar surface area (TPSA) is 170 Å². The molecule has 1 aliphatic carbocycles. The molecule has 13 nitrogen and oxygen atoms in total. The lowest BCUT2D eigenvalue weighted by Crippen LogP contribution is -2.34. The van der Waals surface area contributed by atoms with Gasteiger partial charge in [-0.15, -0.1) is 0 Å². The van der Waals surface area contributed by atoms with Crippen molar-refractivity contribution >= 4 is 42.7 Å². The number of unbranched alkanes of at least 4 members (excludes halogenated alkanes) is 2. The number of fused-ring (bicyclic) bond motifs is 3. The molecule has 7 rings (SSSR count). The Bertz CT molecular complexity index is 3020. The Hall–Kier alpha value is -5.42. The van der Waals surface area contributed by atoms with E-state index in [4.69, 9.17) is 9.15 Å². The van der Waals surface area contributed by atoms with Gasteiger partial charge in [0.1, 0.15) is 34.9 Å². The van der Waals surface area contributed by atoms with Crippen molar-refractivity contribution < 1.29 is 35.3 Å². The smallest absolute Gasteiger partial charge is 0.295 e. The van der Waals surface area contributed by atoms with E-state index in [1.807, 2.05) is 42.5 Å². The summed E-state index contributed by atoms with van der Waals surface area (Å²) in [6, 6.07) is 34.2. The van der Waals surface area contributed by atoms with Gasteiger partial charge >= 0.3 is 0 Å². The molecule has 2 aliphatic heterocycles. The van der Waals surface area contributed by atoms with Crippen LogP contribution in [0, 0.1) is 0 Å². The lowest BCUT2D eigenvalue weighted by atomic mass is 9.81. The number of carbonyl (C=O) groups is 1. The molecule has 0 radical (unpaired) electrons. The number of nitrogens with one attached hydrogen (secondary N) is 3. The number of ether oxygens (including phenoxy) is 1. The fourth-order valence-corrected chi connectivity index (χ4v) is 11.7. The second-order valence-corrected chi connectivity index (χ2v) is 21.2. The van der Waals surface area contributed by atoms with E-state index in [2.05, 4.69) is 115 Å². The highest BCUT2D eigenvalue weighted by atomic mass is 32.2. The molecule has 368 valence electrons. The highest BCUT2D eigenvalue weighted by Gasteiger charge is 2.49. The summed E-state index contributed by atoms with van der Waals surface area (Å²) in [5.41, 5.74) is 5.31. The maximum atomic E-state index is 13.6. The molecule has 4 N–H and O–H groups in total. The standard InChI is InChI=1S/C54H67N5O8S2/c1-7-58(8-2)40-25-28-43-48(36-40)66-49-37-41(59(9-3)10-4)26-29-44(49)52(43)45-30-27-42(38-50(45)69(63,64)65)68(61,62)57-33-18-12-15-24-51(60)56-35-34-55-32-19-31-54(39-20-13-11-14-21-39)47-23-17-16-22-46(47)53(5,6)67-54/h11,13-14,16-17,20-23,25-30,36-38,55,57H,7-10,12,15,18-19,24,31-35H2,1-6H3,(H-,56,60,63,64,65)/p+1. The number of sulfonamides is 1. The first-order valence-electron chi connectivity index (χ1n) is 24.3. The molecule has 3 aliphatic rings. The van der Waals surface area contributed by atoms with Gasteiger partial charge in [-0.2, -0.15) is 8.42 Å². The summed E-state index contributed by atoms with van der Waals surface area (Å²) in [4.78, 5) is 14.0. The molecule has 0 saturated carbocycles. The Balaban J connectivity index is 0.930. The van der Waals surface area contributed by atoms with Crippen LogP contribution in [0.4, 0.5) is 5.69 Å². The summed E-state index contributed by atoms with van der Waals surface area (Å²) in [6.45, 7) is 17.5. The van der Waals surface area contributed by atoms with E-state index in [9.17, 15) is 26.2 Å². The second kappa shape index (κ2) is 22.1. The van der Waals surface area contributed by atoms with Crippen LogP contribution in [-0.2, 0) is 40.9 Å². The normalized spacial score (nSPS) is 15.6. The van der Waals surface area contributed by atoms with Crippen molar-refractivity contribution in [3.63, 3.8) is 0 Å². The zero-order valence-corrected chi connectivity index (χ0v) is 42.4. The van der Waals surface area contributed by atoms with Gasteiger partial charge in [0, 0.05) is 79.0 Å². The van der Waals surface area contributed by atoms with E-state index in [0.29, 0.717) is 66.6 Å². The first kappa shape index (κ1) is 51.4. The van der Waals surface area contributed by atoms with Crippen LogP contribution >= 0.6 is 0 Å². The quantitative estimate of drug-likeness (QED) is 0.0211. The van der Waals surface area contributed by atoms with Crippen molar-refractivity contribution in [2.75, 3.05) is 57.3 Å². The SMILES string of the molecule is CCN(CC)c1ccc2c(-c3ccc(S(=O)(=O)NCCCCCC(=O)NCCNCCCC4(c5ccccc5)OC(C)(C)c5ccccc54)cc3S(=O)(=O)O)c3ccc(=[N+](CC)CC)cc-3oc2c1. The predicted octanol–water partition coefficient (Wildman–Crippen LogP) is 8.64. The number of hydrogen-bond donors (Lipinski definition) is 4. The minimum Gasteiger partial charge on any atom is -0.456 e. The molecule has 0 spiro atoms. The van der Waals surface area contributed by atoms with E-state index in [1.54, 1.807) is 0 Å². The van der Waals surface area contributed by atoms with Gasteiger partial charge in [-0.1, -0.05) is 67.1 Å². The minimum absolute atomic E-state index is 0.0715.